The van der Waals surface area contributed by atoms with Crippen molar-refractivity contribution in [3.8, 4) is 0 Å². The summed E-state index contributed by atoms with van der Waals surface area (Å²) in [5.41, 5.74) is 2.42. The fourth-order valence-electron chi connectivity index (χ4n) is 4.76. The number of carbonyl (C=O) groups excluding carboxylic acids is 1. The monoisotopic (exact) mass is 268 g/mol. The van der Waals surface area contributed by atoms with Crippen molar-refractivity contribution in [2.24, 2.45) is 17.8 Å². The number of hydrogen-bond acceptors (Lipinski definition) is 1. The third kappa shape index (κ3) is 2.12. The molecule has 0 aromatic heterocycles. The molecule has 1 heteroatoms. The van der Waals surface area contributed by atoms with Crippen molar-refractivity contribution < 1.29 is 4.79 Å². The highest BCUT2D eigenvalue weighted by Crippen LogP contribution is 2.58. The molecular weight excluding hydrogens is 244 g/mol. The Morgan fingerprint density at radius 2 is 1.45 bits per heavy atom. The molecule has 2 atom stereocenters. The summed E-state index contributed by atoms with van der Waals surface area (Å²) in [6, 6.07) is 8.64. The molecule has 0 bridgehead atoms. The third-order valence-corrected chi connectivity index (χ3v) is 5.98. The Labute approximate surface area is 121 Å². The van der Waals surface area contributed by atoms with E-state index in [9.17, 15) is 4.79 Å². The third-order valence-electron chi connectivity index (χ3n) is 5.98. The zero-order valence-corrected chi connectivity index (χ0v) is 12.2. The van der Waals surface area contributed by atoms with Crippen LogP contribution in [0.4, 0.5) is 0 Å². The van der Waals surface area contributed by atoms with Crippen molar-refractivity contribution in [1.29, 1.82) is 0 Å². The summed E-state index contributed by atoms with van der Waals surface area (Å²) in [6.45, 7) is 0. The molecule has 0 radical (unpaired) electrons. The molecule has 106 valence electrons. The molecule has 20 heavy (non-hydrogen) atoms. The van der Waals surface area contributed by atoms with Gasteiger partial charge in [-0.05, 0) is 49.0 Å². The summed E-state index contributed by atoms with van der Waals surface area (Å²) in [7, 11) is 0. The van der Waals surface area contributed by atoms with Gasteiger partial charge in [0.1, 0.15) is 0 Å². The van der Waals surface area contributed by atoms with Crippen molar-refractivity contribution in [1.82, 2.24) is 0 Å². The lowest BCUT2D eigenvalue weighted by Crippen LogP contribution is -2.08. The first-order valence-electron chi connectivity index (χ1n) is 8.49. The van der Waals surface area contributed by atoms with E-state index in [1.165, 1.54) is 56.9 Å². The van der Waals surface area contributed by atoms with Crippen LogP contribution in [0.2, 0.25) is 0 Å². The Hall–Kier alpha value is -1.11. The summed E-state index contributed by atoms with van der Waals surface area (Å²) < 4.78 is 0. The minimum Gasteiger partial charge on any atom is -0.294 e. The Bertz CT molecular complexity index is 485. The molecule has 3 aliphatic carbocycles. The van der Waals surface area contributed by atoms with Gasteiger partial charge in [0.25, 0.3) is 0 Å². The Balaban J connectivity index is 1.45. The molecule has 1 aromatic rings. The topological polar surface area (TPSA) is 17.1 Å². The van der Waals surface area contributed by atoms with Gasteiger partial charge >= 0.3 is 0 Å². The van der Waals surface area contributed by atoms with E-state index in [1.807, 2.05) is 0 Å². The number of fused-ring (bicyclic) bond motifs is 1. The first kappa shape index (κ1) is 12.6. The molecule has 0 aliphatic heterocycles. The summed E-state index contributed by atoms with van der Waals surface area (Å²) >= 11 is 0. The fourth-order valence-corrected chi connectivity index (χ4v) is 4.76. The van der Waals surface area contributed by atoms with Gasteiger partial charge in [-0.25, -0.2) is 0 Å². The van der Waals surface area contributed by atoms with Crippen LogP contribution in [0.3, 0.4) is 0 Å². The second-order valence-electron chi connectivity index (χ2n) is 7.11. The fraction of sp³-hybridized carbons (Fsp3) is 0.632. The number of ketones is 1. The number of Topliss-reactive ketones (excluding diaryl/α,β-unsaturated/α-hetero) is 1. The highest BCUT2D eigenvalue weighted by molar-refractivity contribution is 6.00. The van der Waals surface area contributed by atoms with Gasteiger partial charge in [0.2, 0.25) is 0 Å². The van der Waals surface area contributed by atoms with E-state index in [4.69, 9.17) is 0 Å². The van der Waals surface area contributed by atoms with Gasteiger partial charge in [-0.15, -0.1) is 0 Å². The van der Waals surface area contributed by atoms with E-state index < -0.39 is 0 Å². The molecule has 0 N–H and O–H groups in total. The molecule has 0 spiro atoms. The van der Waals surface area contributed by atoms with Gasteiger partial charge in [-0.3, -0.25) is 4.79 Å². The van der Waals surface area contributed by atoms with Crippen LogP contribution in [-0.4, -0.2) is 5.78 Å². The smallest absolute Gasteiger partial charge is 0.166 e. The minimum absolute atomic E-state index is 0.379. The van der Waals surface area contributed by atoms with Crippen LogP contribution in [0.1, 0.15) is 73.2 Å². The summed E-state index contributed by atoms with van der Waals surface area (Å²) in [5.74, 6) is 3.02. The van der Waals surface area contributed by atoms with Crippen molar-refractivity contribution >= 4 is 5.78 Å². The lowest BCUT2D eigenvalue weighted by molar-refractivity contribution is 0.0951. The molecule has 0 amide bonds. The molecular formula is C19H24O. The van der Waals surface area contributed by atoms with Crippen LogP contribution in [0.5, 0.6) is 0 Å². The second-order valence-corrected chi connectivity index (χ2v) is 7.11. The molecule has 2 unspecified atom stereocenters. The Morgan fingerprint density at radius 3 is 2.10 bits per heavy atom. The van der Waals surface area contributed by atoms with Crippen LogP contribution in [0.15, 0.2) is 24.3 Å². The second kappa shape index (κ2) is 5.02. The Morgan fingerprint density at radius 1 is 0.800 bits per heavy atom. The molecule has 4 rings (SSSR count). The van der Waals surface area contributed by atoms with E-state index in [0.29, 0.717) is 11.7 Å². The summed E-state index contributed by atoms with van der Waals surface area (Å²) in [4.78, 5) is 12.5. The van der Waals surface area contributed by atoms with Crippen molar-refractivity contribution in [3.05, 3.63) is 35.4 Å². The average molecular weight is 268 g/mol. The molecule has 3 fully saturated rings. The van der Waals surface area contributed by atoms with Gasteiger partial charge in [0.15, 0.2) is 5.78 Å². The van der Waals surface area contributed by atoms with Crippen LogP contribution >= 0.6 is 0 Å². The lowest BCUT2D eigenvalue weighted by Gasteiger charge is -2.22. The zero-order valence-electron chi connectivity index (χ0n) is 12.2. The Kier molecular flexibility index (Phi) is 3.17. The van der Waals surface area contributed by atoms with Crippen LogP contribution in [0.25, 0.3) is 0 Å². The predicted molar refractivity (Wildman–Crippen MR) is 80.9 cm³/mol. The van der Waals surface area contributed by atoms with Crippen molar-refractivity contribution in [2.45, 2.75) is 57.3 Å². The summed E-state index contributed by atoms with van der Waals surface area (Å²) in [5, 5.41) is 0. The van der Waals surface area contributed by atoms with Crippen LogP contribution in [-0.2, 0) is 0 Å². The van der Waals surface area contributed by atoms with Crippen LogP contribution < -0.4 is 0 Å². The molecule has 3 aliphatic rings. The standard InChI is InChI=1S/C19H24O/c20-19(18-16-7-4-8-17(16)18)15-11-9-14(10-12-15)13-5-2-1-3-6-13/h9-13,16-18H,1-8H2. The number of hydrogen-bond donors (Lipinski definition) is 0. The maximum atomic E-state index is 12.5. The summed E-state index contributed by atoms with van der Waals surface area (Å²) in [6.07, 6.45) is 10.7. The van der Waals surface area contributed by atoms with E-state index in [2.05, 4.69) is 24.3 Å². The molecule has 3 saturated carbocycles. The average Bonchev–Trinajstić information content (AvgIpc) is 2.99. The number of rotatable bonds is 3. The SMILES string of the molecule is O=C(c1ccc(C2CCCCC2)cc1)C1C2CCCC21. The largest absolute Gasteiger partial charge is 0.294 e. The van der Waals surface area contributed by atoms with Gasteiger partial charge in [-0.2, -0.15) is 0 Å². The van der Waals surface area contributed by atoms with E-state index in [-0.39, 0.29) is 0 Å². The maximum absolute atomic E-state index is 12.5. The van der Waals surface area contributed by atoms with Crippen molar-refractivity contribution in [3.63, 3.8) is 0 Å². The molecule has 0 saturated heterocycles. The van der Waals surface area contributed by atoms with Gasteiger partial charge < -0.3 is 0 Å². The van der Waals surface area contributed by atoms with Crippen LogP contribution in [0, 0.1) is 17.8 Å². The van der Waals surface area contributed by atoms with E-state index in [0.717, 1.165) is 23.3 Å². The zero-order chi connectivity index (χ0) is 13.5. The highest BCUT2D eigenvalue weighted by Gasteiger charge is 2.56. The normalized spacial score (nSPS) is 32.9. The maximum Gasteiger partial charge on any atom is 0.166 e. The predicted octanol–water partition coefficient (Wildman–Crippen LogP) is 4.96. The number of benzene rings is 1. The quantitative estimate of drug-likeness (QED) is 0.708. The van der Waals surface area contributed by atoms with Gasteiger partial charge in [0, 0.05) is 11.5 Å². The number of carbonyl (C=O) groups is 1. The van der Waals surface area contributed by atoms with E-state index >= 15 is 0 Å². The minimum atomic E-state index is 0.379. The highest BCUT2D eigenvalue weighted by atomic mass is 16.1. The van der Waals surface area contributed by atoms with Crippen molar-refractivity contribution in [2.75, 3.05) is 0 Å². The molecule has 0 heterocycles. The van der Waals surface area contributed by atoms with E-state index in [1.54, 1.807) is 0 Å². The molecule has 1 nitrogen and oxygen atoms in total. The first-order chi connectivity index (χ1) is 9.84. The lowest BCUT2D eigenvalue weighted by atomic mass is 9.83. The van der Waals surface area contributed by atoms with Gasteiger partial charge in [-0.1, -0.05) is 49.9 Å². The van der Waals surface area contributed by atoms with Gasteiger partial charge in [0.05, 0.1) is 0 Å². The first-order valence-corrected chi connectivity index (χ1v) is 8.49. The molecule has 1 aromatic carbocycles.